The average Bonchev–Trinajstić information content (AvgIpc) is 2.77. The predicted octanol–water partition coefficient (Wildman–Crippen LogP) is 3.79. The molecule has 1 amide bonds. The van der Waals surface area contributed by atoms with Crippen LogP contribution in [0.5, 0.6) is 5.75 Å². The van der Waals surface area contributed by atoms with Gasteiger partial charge in [0.05, 0.1) is 11.6 Å². The number of para-hydroxylation sites is 1. The first-order valence-corrected chi connectivity index (χ1v) is 8.88. The molecule has 29 heavy (non-hydrogen) atoms. The summed E-state index contributed by atoms with van der Waals surface area (Å²) in [5.41, 5.74) is 2.83. The lowest BCUT2D eigenvalue weighted by Gasteiger charge is -2.11. The molecule has 0 aromatic heterocycles. The van der Waals surface area contributed by atoms with Gasteiger partial charge in [-0.05, 0) is 35.9 Å². The van der Waals surface area contributed by atoms with Crippen LogP contribution >= 0.6 is 0 Å². The van der Waals surface area contributed by atoms with Gasteiger partial charge in [0.1, 0.15) is 5.75 Å². The maximum absolute atomic E-state index is 11.9. The molecule has 0 heterocycles. The SMILES string of the molecule is N#Cc1ccc(NC(=O)COC(=O)COc2ccccc2-c2ccccc2)cc1. The van der Waals surface area contributed by atoms with E-state index in [1.807, 2.05) is 54.6 Å². The van der Waals surface area contributed by atoms with Crippen LogP contribution in [-0.4, -0.2) is 25.1 Å². The highest BCUT2D eigenvalue weighted by Gasteiger charge is 2.11. The Hall–Kier alpha value is -4.11. The second-order valence-corrected chi connectivity index (χ2v) is 6.05. The minimum absolute atomic E-state index is 0.312. The van der Waals surface area contributed by atoms with Gasteiger partial charge < -0.3 is 14.8 Å². The summed E-state index contributed by atoms with van der Waals surface area (Å²) in [7, 11) is 0. The number of benzene rings is 3. The average molecular weight is 386 g/mol. The molecule has 0 aliphatic heterocycles. The van der Waals surface area contributed by atoms with Gasteiger partial charge in [-0.25, -0.2) is 4.79 Å². The molecule has 144 valence electrons. The normalized spacial score (nSPS) is 9.90. The Morgan fingerprint density at radius 3 is 2.28 bits per heavy atom. The third-order valence-corrected chi connectivity index (χ3v) is 3.98. The Bertz CT molecular complexity index is 1020. The van der Waals surface area contributed by atoms with Crippen LogP contribution < -0.4 is 10.1 Å². The highest BCUT2D eigenvalue weighted by atomic mass is 16.6. The number of rotatable bonds is 7. The van der Waals surface area contributed by atoms with E-state index in [1.165, 1.54) is 0 Å². The molecule has 0 atom stereocenters. The Morgan fingerprint density at radius 1 is 0.862 bits per heavy atom. The predicted molar refractivity (Wildman–Crippen MR) is 108 cm³/mol. The quantitative estimate of drug-likeness (QED) is 0.624. The van der Waals surface area contributed by atoms with E-state index in [0.717, 1.165) is 11.1 Å². The van der Waals surface area contributed by atoms with E-state index in [2.05, 4.69) is 5.32 Å². The summed E-state index contributed by atoms with van der Waals surface area (Å²) >= 11 is 0. The fraction of sp³-hybridized carbons (Fsp3) is 0.0870. The van der Waals surface area contributed by atoms with Gasteiger partial charge in [-0.1, -0.05) is 48.5 Å². The third-order valence-electron chi connectivity index (χ3n) is 3.98. The van der Waals surface area contributed by atoms with Crippen molar-refractivity contribution in [1.82, 2.24) is 0 Å². The van der Waals surface area contributed by atoms with Crippen molar-refractivity contribution in [3.8, 4) is 22.9 Å². The number of amides is 1. The first-order chi connectivity index (χ1) is 14.2. The number of hydrogen-bond acceptors (Lipinski definition) is 5. The van der Waals surface area contributed by atoms with E-state index in [0.29, 0.717) is 17.0 Å². The number of anilines is 1. The first-order valence-electron chi connectivity index (χ1n) is 8.88. The molecule has 0 unspecified atom stereocenters. The first kappa shape index (κ1) is 19.6. The molecule has 3 aromatic rings. The summed E-state index contributed by atoms with van der Waals surface area (Å²) in [6.07, 6.45) is 0. The van der Waals surface area contributed by atoms with Gasteiger partial charge >= 0.3 is 5.97 Å². The highest BCUT2D eigenvalue weighted by Crippen LogP contribution is 2.29. The van der Waals surface area contributed by atoms with Crippen molar-refractivity contribution in [1.29, 1.82) is 5.26 Å². The molecule has 0 saturated carbocycles. The van der Waals surface area contributed by atoms with Gasteiger partial charge in [-0.15, -0.1) is 0 Å². The van der Waals surface area contributed by atoms with Gasteiger partial charge in [0.25, 0.3) is 5.91 Å². The van der Waals surface area contributed by atoms with Crippen molar-refractivity contribution in [3.63, 3.8) is 0 Å². The van der Waals surface area contributed by atoms with Crippen LogP contribution in [0.25, 0.3) is 11.1 Å². The van der Waals surface area contributed by atoms with E-state index < -0.39 is 18.5 Å². The molecule has 1 N–H and O–H groups in total. The Morgan fingerprint density at radius 2 is 1.55 bits per heavy atom. The van der Waals surface area contributed by atoms with Crippen molar-refractivity contribution in [3.05, 3.63) is 84.4 Å². The number of ether oxygens (including phenoxy) is 2. The second-order valence-electron chi connectivity index (χ2n) is 6.05. The topological polar surface area (TPSA) is 88.4 Å². The van der Waals surface area contributed by atoms with Gasteiger partial charge in [0, 0.05) is 11.3 Å². The Kier molecular flexibility index (Phi) is 6.58. The summed E-state index contributed by atoms with van der Waals surface area (Å²) in [6.45, 7) is -0.740. The molecule has 0 aliphatic carbocycles. The van der Waals surface area contributed by atoms with Gasteiger partial charge in [0.15, 0.2) is 13.2 Å². The van der Waals surface area contributed by atoms with Crippen molar-refractivity contribution < 1.29 is 19.1 Å². The largest absolute Gasteiger partial charge is 0.481 e. The van der Waals surface area contributed by atoms with Crippen LogP contribution in [0.15, 0.2) is 78.9 Å². The number of nitrogens with zero attached hydrogens (tertiary/aromatic N) is 1. The summed E-state index contributed by atoms with van der Waals surface area (Å²) in [4.78, 5) is 23.8. The molecule has 0 saturated heterocycles. The molecule has 0 radical (unpaired) electrons. The van der Waals surface area contributed by atoms with Crippen LogP contribution in [0.4, 0.5) is 5.69 Å². The van der Waals surface area contributed by atoms with Crippen molar-refractivity contribution >= 4 is 17.6 Å². The zero-order valence-electron chi connectivity index (χ0n) is 15.5. The molecule has 0 aliphatic rings. The molecule has 0 bridgehead atoms. The van der Waals surface area contributed by atoms with Gasteiger partial charge in [-0.2, -0.15) is 5.26 Å². The lowest BCUT2D eigenvalue weighted by atomic mass is 10.1. The molecule has 0 fully saturated rings. The minimum atomic E-state index is -0.650. The lowest BCUT2D eigenvalue weighted by molar-refractivity contribution is -0.149. The van der Waals surface area contributed by atoms with E-state index in [1.54, 1.807) is 30.3 Å². The molecule has 6 nitrogen and oxygen atoms in total. The summed E-state index contributed by atoms with van der Waals surface area (Å²) in [5.74, 6) is -0.576. The number of esters is 1. The summed E-state index contributed by atoms with van der Waals surface area (Å²) in [6, 6.07) is 25.4. The molecule has 3 aromatic carbocycles. The van der Waals surface area contributed by atoms with Crippen molar-refractivity contribution in [2.24, 2.45) is 0 Å². The number of hydrogen-bond donors (Lipinski definition) is 1. The fourth-order valence-electron chi connectivity index (χ4n) is 2.60. The maximum Gasteiger partial charge on any atom is 0.344 e. The lowest BCUT2D eigenvalue weighted by Crippen LogP contribution is -2.23. The van der Waals surface area contributed by atoms with Gasteiger partial charge in [-0.3, -0.25) is 4.79 Å². The monoisotopic (exact) mass is 386 g/mol. The van der Waals surface area contributed by atoms with Crippen LogP contribution in [0.2, 0.25) is 0 Å². The molecular formula is C23H18N2O4. The minimum Gasteiger partial charge on any atom is -0.481 e. The van der Waals surface area contributed by atoms with Crippen LogP contribution in [0, 0.1) is 11.3 Å². The summed E-state index contributed by atoms with van der Waals surface area (Å²) in [5, 5.41) is 11.4. The zero-order chi connectivity index (χ0) is 20.5. The Balaban J connectivity index is 1.49. The van der Waals surface area contributed by atoms with Gasteiger partial charge in [0.2, 0.25) is 0 Å². The highest BCUT2D eigenvalue weighted by molar-refractivity contribution is 5.92. The Labute approximate surface area is 168 Å². The molecule has 0 spiro atoms. The maximum atomic E-state index is 11.9. The number of nitriles is 1. The molecular weight excluding hydrogens is 368 g/mol. The van der Waals surface area contributed by atoms with Crippen molar-refractivity contribution in [2.45, 2.75) is 0 Å². The standard InChI is InChI=1S/C23H18N2O4/c24-14-17-10-12-19(13-11-17)25-22(26)15-29-23(27)16-28-21-9-5-4-8-20(21)18-6-2-1-3-7-18/h1-13H,15-16H2,(H,25,26). The number of nitrogens with one attached hydrogen (secondary N) is 1. The third kappa shape index (κ3) is 5.68. The van der Waals surface area contributed by atoms with Crippen molar-refractivity contribution in [2.75, 3.05) is 18.5 Å². The van der Waals surface area contributed by atoms with Crippen LogP contribution in [0.3, 0.4) is 0 Å². The van der Waals surface area contributed by atoms with E-state index in [-0.39, 0.29) is 6.61 Å². The van der Waals surface area contributed by atoms with Crippen LogP contribution in [0.1, 0.15) is 5.56 Å². The summed E-state index contributed by atoms with van der Waals surface area (Å²) < 4.78 is 10.6. The van der Waals surface area contributed by atoms with E-state index >= 15 is 0 Å². The number of carbonyl (C=O) groups is 2. The number of carbonyl (C=O) groups excluding carboxylic acids is 2. The van der Waals surface area contributed by atoms with E-state index in [9.17, 15) is 9.59 Å². The smallest absolute Gasteiger partial charge is 0.344 e. The fourth-order valence-corrected chi connectivity index (χ4v) is 2.60. The second kappa shape index (κ2) is 9.72. The van der Waals surface area contributed by atoms with E-state index in [4.69, 9.17) is 14.7 Å². The molecule has 6 heteroatoms. The molecule has 3 rings (SSSR count). The van der Waals surface area contributed by atoms with Crippen LogP contribution in [-0.2, 0) is 14.3 Å². The zero-order valence-corrected chi connectivity index (χ0v) is 15.5.